The molecule has 1 N–H and O–H groups in total. The molecule has 0 aliphatic rings. The zero-order chi connectivity index (χ0) is 16.9. The second-order valence-corrected chi connectivity index (χ2v) is 6.55. The standard InChI is InChI=1S/C19H18BrFN2O/c20-16-12-14(6-7-17(16)21)13-19(24)22-9-3-10-23-11-8-15-4-1-2-5-18(15)23/h1-2,4-8,11-12H,3,9-10,13H2,(H,22,24). The maximum absolute atomic E-state index is 13.2. The lowest BCUT2D eigenvalue weighted by atomic mass is 10.1. The van der Waals surface area contributed by atoms with Gasteiger partial charge in [0, 0.05) is 24.8 Å². The van der Waals surface area contributed by atoms with Crippen molar-refractivity contribution in [1.82, 2.24) is 9.88 Å². The monoisotopic (exact) mass is 388 g/mol. The minimum absolute atomic E-state index is 0.0501. The molecule has 3 rings (SSSR count). The predicted molar refractivity (Wildman–Crippen MR) is 97.4 cm³/mol. The minimum atomic E-state index is -0.321. The number of carbonyl (C=O) groups is 1. The van der Waals surface area contributed by atoms with Crippen molar-refractivity contribution < 1.29 is 9.18 Å². The third kappa shape index (κ3) is 4.03. The Kier molecular flexibility index (Phi) is 5.30. The van der Waals surface area contributed by atoms with Gasteiger partial charge in [0.25, 0.3) is 0 Å². The molecule has 124 valence electrons. The van der Waals surface area contributed by atoms with Gasteiger partial charge in [0.05, 0.1) is 10.9 Å². The summed E-state index contributed by atoms with van der Waals surface area (Å²) in [5.74, 6) is -0.371. The van der Waals surface area contributed by atoms with Crippen molar-refractivity contribution >= 4 is 32.7 Å². The van der Waals surface area contributed by atoms with Gasteiger partial charge in [-0.05, 0) is 57.6 Å². The lowest BCUT2D eigenvalue weighted by Crippen LogP contribution is -2.26. The fourth-order valence-corrected chi connectivity index (χ4v) is 3.14. The molecule has 1 heterocycles. The highest BCUT2D eigenvalue weighted by Gasteiger charge is 2.06. The van der Waals surface area contributed by atoms with Crippen molar-refractivity contribution in [3.8, 4) is 0 Å². The molecule has 0 atom stereocenters. The van der Waals surface area contributed by atoms with Gasteiger partial charge in [-0.2, -0.15) is 0 Å². The number of benzene rings is 2. The Labute approximate surface area is 148 Å². The van der Waals surface area contributed by atoms with Gasteiger partial charge < -0.3 is 9.88 Å². The summed E-state index contributed by atoms with van der Waals surface area (Å²) in [4.78, 5) is 12.0. The summed E-state index contributed by atoms with van der Waals surface area (Å²) in [6.07, 6.45) is 3.19. The molecule has 2 aromatic carbocycles. The fraction of sp³-hybridized carbons (Fsp3) is 0.211. The van der Waals surface area contributed by atoms with Crippen LogP contribution in [-0.4, -0.2) is 17.0 Å². The van der Waals surface area contributed by atoms with Gasteiger partial charge in [-0.1, -0.05) is 24.3 Å². The summed E-state index contributed by atoms with van der Waals surface area (Å²) in [5.41, 5.74) is 2.00. The molecule has 0 bridgehead atoms. The Hall–Kier alpha value is -2.14. The molecule has 0 unspecified atom stereocenters. The lowest BCUT2D eigenvalue weighted by Gasteiger charge is -2.08. The summed E-state index contributed by atoms with van der Waals surface area (Å²) in [6.45, 7) is 1.48. The van der Waals surface area contributed by atoms with Crippen LogP contribution in [0.1, 0.15) is 12.0 Å². The molecule has 1 aromatic heterocycles. The molecule has 3 aromatic rings. The van der Waals surface area contributed by atoms with Gasteiger partial charge in [0.2, 0.25) is 5.91 Å². The number of hydrogen-bond donors (Lipinski definition) is 1. The molecular formula is C19H18BrFN2O. The second kappa shape index (κ2) is 7.62. The first kappa shape index (κ1) is 16.7. The first-order valence-electron chi connectivity index (χ1n) is 7.88. The Balaban J connectivity index is 1.46. The van der Waals surface area contributed by atoms with Crippen LogP contribution < -0.4 is 5.32 Å². The fourth-order valence-electron chi connectivity index (χ4n) is 2.71. The number of amides is 1. The molecule has 0 aliphatic carbocycles. The number of hydrogen-bond acceptors (Lipinski definition) is 1. The highest BCUT2D eigenvalue weighted by Crippen LogP contribution is 2.17. The topological polar surface area (TPSA) is 34.0 Å². The van der Waals surface area contributed by atoms with Gasteiger partial charge in [-0.15, -0.1) is 0 Å². The number of aryl methyl sites for hydroxylation is 1. The normalized spacial score (nSPS) is 10.9. The molecule has 1 amide bonds. The van der Waals surface area contributed by atoms with Crippen LogP contribution in [0.4, 0.5) is 4.39 Å². The smallest absolute Gasteiger partial charge is 0.224 e. The Morgan fingerprint density at radius 1 is 1.17 bits per heavy atom. The minimum Gasteiger partial charge on any atom is -0.356 e. The van der Waals surface area contributed by atoms with Crippen LogP contribution in [0.3, 0.4) is 0 Å². The molecule has 0 spiro atoms. The number of rotatable bonds is 6. The quantitative estimate of drug-likeness (QED) is 0.627. The van der Waals surface area contributed by atoms with E-state index in [1.54, 1.807) is 12.1 Å². The van der Waals surface area contributed by atoms with Gasteiger partial charge in [0.1, 0.15) is 5.82 Å². The molecule has 5 heteroatoms. The number of fused-ring (bicyclic) bond motifs is 1. The van der Waals surface area contributed by atoms with E-state index in [0.717, 1.165) is 18.5 Å². The van der Waals surface area contributed by atoms with E-state index in [1.807, 2.05) is 12.1 Å². The number of carbonyl (C=O) groups excluding carboxylic acids is 1. The van der Waals surface area contributed by atoms with Gasteiger partial charge in [0.15, 0.2) is 0 Å². The van der Waals surface area contributed by atoms with Crippen LogP contribution in [0, 0.1) is 5.82 Å². The molecule has 0 saturated heterocycles. The largest absolute Gasteiger partial charge is 0.356 e. The number of aromatic nitrogens is 1. The Morgan fingerprint density at radius 2 is 2.00 bits per heavy atom. The van der Waals surface area contributed by atoms with Crippen molar-refractivity contribution in [2.24, 2.45) is 0 Å². The second-order valence-electron chi connectivity index (χ2n) is 5.70. The van der Waals surface area contributed by atoms with E-state index in [0.29, 0.717) is 11.0 Å². The number of nitrogens with one attached hydrogen (secondary N) is 1. The van der Waals surface area contributed by atoms with Crippen LogP contribution in [-0.2, 0) is 17.8 Å². The summed E-state index contributed by atoms with van der Waals surface area (Å²) in [7, 11) is 0. The molecule has 3 nitrogen and oxygen atoms in total. The Morgan fingerprint density at radius 3 is 2.83 bits per heavy atom. The van der Waals surface area contributed by atoms with Crippen molar-refractivity contribution in [1.29, 1.82) is 0 Å². The maximum atomic E-state index is 13.2. The van der Waals surface area contributed by atoms with Gasteiger partial charge in [-0.3, -0.25) is 4.79 Å². The molecule has 24 heavy (non-hydrogen) atoms. The average molecular weight is 389 g/mol. The van der Waals surface area contributed by atoms with Crippen LogP contribution in [0.15, 0.2) is 59.2 Å². The zero-order valence-corrected chi connectivity index (χ0v) is 14.7. The highest BCUT2D eigenvalue weighted by molar-refractivity contribution is 9.10. The predicted octanol–water partition coefficient (Wildman–Crippen LogP) is 4.29. The number of para-hydroxylation sites is 1. The van der Waals surface area contributed by atoms with E-state index in [1.165, 1.54) is 17.0 Å². The third-order valence-electron chi connectivity index (χ3n) is 3.93. The van der Waals surface area contributed by atoms with E-state index < -0.39 is 0 Å². The first-order chi connectivity index (χ1) is 11.6. The Bertz CT molecular complexity index is 859. The average Bonchev–Trinajstić information content (AvgIpc) is 2.98. The van der Waals surface area contributed by atoms with Crippen LogP contribution in [0.2, 0.25) is 0 Å². The molecule has 0 saturated carbocycles. The van der Waals surface area contributed by atoms with E-state index in [4.69, 9.17) is 0 Å². The van der Waals surface area contributed by atoms with Crippen molar-refractivity contribution in [3.63, 3.8) is 0 Å². The summed E-state index contributed by atoms with van der Waals surface area (Å²) < 4.78 is 15.8. The van der Waals surface area contributed by atoms with E-state index in [2.05, 4.69) is 50.2 Å². The van der Waals surface area contributed by atoms with Crippen LogP contribution in [0.5, 0.6) is 0 Å². The highest BCUT2D eigenvalue weighted by atomic mass is 79.9. The van der Waals surface area contributed by atoms with Crippen molar-refractivity contribution in [3.05, 3.63) is 70.6 Å². The first-order valence-corrected chi connectivity index (χ1v) is 8.67. The van der Waals surface area contributed by atoms with E-state index >= 15 is 0 Å². The maximum Gasteiger partial charge on any atom is 0.224 e. The van der Waals surface area contributed by atoms with E-state index in [9.17, 15) is 9.18 Å². The molecular weight excluding hydrogens is 371 g/mol. The van der Waals surface area contributed by atoms with Crippen molar-refractivity contribution in [2.45, 2.75) is 19.4 Å². The zero-order valence-electron chi connectivity index (χ0n) is 13.1. The number of nitrogens with zero attached hydrogens (tertiary/aromatic N) is 1. The van der Waals surface area contributed by atoms with Crippen molar-refractivity contribution in [2.75, 3.05) is 6.54 Å². The molecule has 0 aliphatic heterocycles. The molecule has 0 fully saturated rings. The van der Waals surface area contributed by atoms with Crippen LogP contribution in [0.25, 0.3) is 10.9 Å². The third-order valence-corrected chi connectivity index (χ3v) is 4.53. The number of halogens is 2. The van der Waals surface area contributed by atoms with E-state index in [-0.39, 0.29) is 18.1 Å². The lowest BCUT2D eigenvalue weighted by molar-refractivity contribution is -0.120. The molecule has 0 radical (unpaired) electrons. The SMILES string of the molecule is O=C(Cc1ccc(F)c(Br)c1)NCCCn1ccc2ccccc21. The van der Waals surface area contributed by atoms with Gasteiger partial charge in [-0.25, -0.2) is 4.39 Å². The summed E-state index contributed by atoms with van der Waals surface area (Å²) in [6, 6.07) is 15.0. The summed E-state index contributed by atoms with van der Waals surface area (Å²) >= 11 is 3.13. The summed E-state index contributed by atoms with van der Waals surface area (Å²) in [5, 5.41) is 4.14. The van der Waals surface area contributed by atoms with Crippen LogP contribution >= 0.6 is 15.9 Å². The van der Waals surface area contributed by atoms with Gasteiger partial charge >= 0.3 is 0 Å².